The summed E-state index contributed by atoms with van der Waals surface area (Å²) in [6.45, 7) is 3.89. The summed E-state index contributed by atoms with van der Waals surface area (Å²) in [6.07, 6.45) is 9.87. The van der Waals surface area contributed by atoms with Crippen molar-refractivity contribution in [1.29, 1.82) is 0 Å². The van der Waals surface area contributed by atoms with Gasteiger partial charge in [-0.05, 0) is 79.5 Å². The van der Waals surface area contributed by atoms with E-state index in [0.717, 1.165) is 6.42 Å². The van der Waals surface area contributed by atoms with E-state index >= 15 is 0 Å². The van der Waals surface area contributed by atoms with Gasteiger partial charge in [0, 0.05) is 12.3 Å². The van der Waals surface area contributed by atoms with Gasteiger partial charge in [0.1, 0.15) is 6.10 Å². The molecule has 0 N–H and O–H groups in total. The number of hydrogen-bond acceptors (Lipinski definition) is 2. The molecule has 0 amide bonds. The molecule has 118 valence electrons. The van der Waals surface area contributed by atoms with Crippen LogP contribution in [0, 0.1) is 5.41 Å². The van der Waals surface area contributed by atoms with Crippen LogP contribution in [0.2, 0.25) is 0 Å². The smallest absolute Gasteiger partial charge is 0.302 e. The van der Waals surface area contributed by atoms with Crippen LogP contribution in [0.15, 0.2) is 12.1 Å². The molecule has 22 heavy (non-hydrogen) atoms. The van der Waals surface area contributed by atoms with Crippen LogP contribution in [-0.4, -0.2) is 12.1 Å². The summed E-state index contributed by atoms with van der Waals surface area (Å²) >= 11 is 0. The largest absolute Gasteiger partial charge is 0.462 e. The number of aryl methyl sites for hydroxylation is 1. The van der Waals surface area contributed by atoms with Crippen molar-refractivity contribution < 1.29 is 9.53 Å². The fourth-order valence-corrected chi connectivity index (χ4v) is 5.38. The Kier molecular flexibility index (Phi) is 3.32. The first-order valence-electron chi connectivity index (χ1n) is 8.90. The number of carbonyl (C=O) groups excluding carboxylic acids is 1. The van der Waals surface area contributed by atoms with Crippen molar-refractivity contribution in [2.24, 2.45) is 5.41 Å². The Morgan fingerprint density at radius 2 is 1.95 bits per heavy atom. The summed E-state index contributed by atoms with van der Waals surface area (Å²) in [5.74, 6) is 0.455. The Bertz CT molecular complexity index is 618. The van der Waals surface area contributed by atoms with Crippen LogP contribution in [0.5, 0.6) is 0 Å². The second kappa shape index (κ2) is 5.11. The SMILES string of the molecule is CC(=O)O[C@H]1CC[C@H]2c3ccc4c(c3CC[C@]12C)CCCC4. The first-order valence-corrected chi connectivity index (χ1v) is 8.90. The molecule has 2 heteroatoms. The normalized spacial score (nSPS) is 32.8. The Hall–Kier alpha value is -1.31. The van der Waals surface area contributed by atoms with E-state index in [4.69, 9.17) is 4.74 Å². The Morgan fingerprint density at radius 1 is 1.14 bits per heavy atom. The number of rotatable bonds is 1. The van der Waals surface area contributed by atoms with Crippen molar-refractivity contribution in [3.05, 3.63) is 34.4 Å². The van der Waals surface area contributed by atoms with E-state index in [0.29, 0.717) is 5.92 Å². The molecule has 0 radical (unpaired) electrons. The van der Waals surface area contributed by atoms with Gasteiger partial charge in [-0.15, -0.1) is 0 Å². The zero-order chi connectivity index (χ0) is 15.3. The van der Waals surface area contributed by atoms with Crippen LogP contribution in [0.3, 0.4) is 0 Å². The van der Waals surface area contributed by atoms with E-state index < -0.39 is 0 Å². The highest BCUT2D eigenvalue weighted by atomic mass is 16.5. The predicted molar refractivity (Wildman–Crippen MR) is 87.0 cm³/mol. The van der Waals surface area contributed by atoms with Crippen molar-refractivity contribution >= 4 is 5.97 Å². The average Bonchev–Trinajstić information content (AvgIpc) is 2.83. The standard InChI is InChI=1S/C20H26O2/c1-13(21)22-19-10-9-18-17-8-7-14-5-3-4-6-15(14)16(17)11-12-20(18,19)2/h7-8,18-19H,3-6,9-12H2,1-2H3/t18-,19-,20-/m0/s1. The third-order valence-electron chi connectivity index (χ3n) is 6.53. The molecule has 2 nitrogen and oxygen atoms in total. The van der Waals surface area contributed by atoms with Crippen molar-refractivity contribution in [3.8, 4) is 0 Å². The minimum atomic E-state index is -0.122. The summed E-state index contributed by atoms with van der Waals surface area (Å²) in [6, 6.07) is 4.79. The Labute approximate surface area is 133 Å². The number of esters is 1. The van der Waals surface area contributed by atoms with Gasteiger partial charge in [0.25, 0.3) is 0 Å². The van der Waals surface area contributed by atoms with E-state index in [1.54, 1.807) is 29.2 Å². The Balaban J connectivity index is 1.72. The summed E-state index contributed by atoms with van der Waals surface area (Å²) < 4.78 is 5.67. The summed E-state index contributed by atoms with van der Waals surface area (Å²) in [5.41, 5.74) is 6.64. The molecule has 3 aliphatic rings. The van der Waals surface area contributed by atoms with Gasteiger partial charge in [-0.3, -0.25) is 4.79 Å². The van der Waals surface area contributed by atoms with Crippen LogP contribution in [0.4, 0.5) is 0 Å². The predicted octanol–water partition coefficient (Wildman–Crippen LogP) is 4.33. The highest BCUT2D eigenvalue weighted by Crippen LogP contribution is 2.57. The fourth-order valence-electron chi connectivity index (χ4n) is 5.38. The van der Waals surface area contributed by atoms with E-state index in [-0.39, 0.29) is 17.5 Å². The molecule has 0 aliphatic heterocycles. The molecule has 0 saturated heterocycles. The monoisotopic (exact) mass is 298 g/mol. The molecule has 1 aromatic rings. The van der Waals surface area contributed by atoms with Crippen LogP contribution in [0.25, 0.3) is 0 Å². The van der Waals surface area contributed by atoms with Gasteiger partial charge < -0.3 is 4.74 Å². The molecule has 0 aromatic heterocycles. The number of ether oxygens (including phenoxy) is 1. The third-order valence-corrected chi connectivity index (χ3v) is 6.53. The van der Waals surface area contributed by atoms with Gasteiger partial charge in [0.05, 0.1) is 0 Å². The second-order valence-electron chi connectivity index (χ2n) is 7.71. The summed E-state index contributed by atoms with van der Waals surface area (Å²) in [5, 5.41) is 0. The first-order chi connectivity index (χ1) is 10.6. The molecular weight excluding hydrogens is 272 g/mol. The molecule has 4 rings (SSSR count). The molecule has 0 bridgehead atoms. The number of benzene rings is 1. The lowest BCUT2D eigenvalue weighted by Gasteiger charge is -2.42. The zero-order valence-corrected chi connectivity index (χ0v) is 13.8. The molecule has 1 fully saturated rings. The number of hydrogen-bond donors (Lipinski definition) is 0. The lowest BCUT2D eigenvalue weighted by Crippen LogP contribution is -2.38. The third kappa shape index (κ3) is 2.03. The Morgan fingerprint density at radius 3 is 2.77 bits per heavy atom. The summed E-state index contributed by atoms with van der Waals surface area (Å²) in [4.78, 5) is 11.4. The summed E-state index contributed by atoms with van der Waals surface area (Å²) in [7, 11) is 0. The molecule has 0 unspecified atom stereocenters. The second-order valence-corrected chi connectivity index (χ2v) is 7.71. The molecule has 1 aromatic carbocycles. The molecule has 0 heterocycles. The molecule has 1 saturated carbocycles. The van der Waals surface area contributed by atoms with Gasteiger partial charge in [-0.2, -0.15) is 0 Å². The molecule has 0 spiro atoms. The molecule has 3 aliphatic carbocycles. The van der Waals surface area contributed by atoms with E-state index in [1.807, 2.05) is 0 Å². The van der Waals surface area contributed by atoms with Crippen LogP contribution >= 0.6 is 0 Å². The maximum Gasteiger partial charge on any atom is 0.302 e. The van der Waals surface area contributed by atoms with Gasteiger partial charge in [0.2, 0.25) is 0 Å². The minimum absolute atomic E-state index is 0.110. The maximum atomic E-state index is 11.4. The topological polar surface area (TPSA) is 26.3 Å². The highest BCUT2D eigenvalue weighted by Gasteiger charge is 2.51. The van der Waals surface area contributed by atoms with Gasteiger partial charge >= 0.3 is 5.97 Å². The zero-order valence-electron chi connectivity index (χ0n) is 13.8. The van der Waals surface area contributed by atoms with Crippen molar-refractivity contribution in [3.63, 3.8) is 0 Å². The van der Waals surface area contributed by atoms with Crippen LogP contribution < -0.4 is 0 Å². The molecule has 3 atom stereocenters. The van der Waals surface area contributed by atoms with E-state index in [1.165, 1.54) is 44.9 Å². The highest BCUT2D eigenvalue weighted by molar-refractivity contribution is 5.66. The lowest BCUT2D eigenvalue weighted by atomic mass is 9.64. The van der Waals surface area contributed by atoms with Gasteiger partial charge in [-0.25, -0.2) is 0 Å². The first kappa shape index (κ1) is 14.3. The maximum absolute atomic E-state index is 11.4. The van der Waals surface area contributed by atoms with Gasteiger partial charge in [-0.1, -0.05) is 19.1 Å². The van der Waals surface area contributed by atoms with E-state index in [2.05, 4.69) is 19.1 Å². The van der Waals surface area contributed by atoms with Gasteiger partial charge in [0.15, 0.2) is 0 Å². The minimum Gasteiger partial charge on any atom is -0.462 e. The van der Waals surface area contributed by atoms with E-state index in [9.17, 15) is 4.79 Å². The molecular formula is C20H26O2. The van der Waals surface area contributed by atoms with Crippen LogP contribution in [0.1, 0.15) is 74.1 Å². The fraction of sp³-hybridized carbons (Fsp3) is 0.650. The lowest BCUT2D eigenvalue weighted by molar-refractivity contribution is -0.152. The van der Waals surface area contributed by atoms with Crippen LogP contribution in [-0.2, 0) is 28.8 Å². The average molecular weight is 298 g/mol. The number of carbonyl (C=O) groups is 1. The quantitative estimate of drug-likeness (QED) is 0.721. The van der Waals surface area contributed by atoms with Crippen molar-refractivity contribution in [1.82, 2.24) is 0 Å². The van der Waals surface area contributed by atoms with Crippen molar-refractivity contribution in [2.45, 2.75) is 77.2 Å². The van der Waals surface area contributed by atoms with Crippen molar-refractivity contribution in [2.75, 3.05) is 0 Å². The number of fused-ring (bicyclic) bond motifs is 5.